The Bertz CT molecular complexity index is 40.7. The van der Waals surface area contributed by atoms with Crippen molar-refractivity contribution in [2.75, 3.05) is 13.2 Å². The van der Waals surface area contributed by atoms with Crippen molar-refractivity contribution in [3.8, 4) is 0 Å². The first-order valence-corrected chi connectivity index (χ1v) is 2.33. The summed E-state index contributed by atoms with van der Waals surface area (Å²) in [5.41, 5.74) is 0. The topological polar surface area (TPSA) is 52.5 Å². The van der Waals surface area contributed by atoms with E-state index in [0.29, 0.717) is 6.54 Å². The van der Waals surface area contributed by atoms with E-state index in [1.807, 2.05) is 6.92 Å². The molecule has 0 spiro atoms. The molecule has 0 bridgehead atoms. The summed E-state index contributed by atoms with van der Waals surface area (Å²) in [7, 11) is 0. The molecule has 0 saturated carbocycles. The minimum atomic E-state index is -0.745. The van der Waals surface area contributed by atoms with Gasteiger partial charge >= 0.3 is 0 Å². The van der Waals surface area contributed by atoms with E-state index >= 15 is 0 Å². The van der Waals surface area contributed by atoms with Crippen molar-refractivity contribution in [2.24, 2.45) is 0 Å². The Morgan fingerprint density at radius 1 is 1.71 bits per heavy atom. The molecule has 0 aliphatic carbocycles. The van der Waals surface area contributed by atoms with Crippen LogP contribution in [0.25, 0.3) is 0 Å². The van der Waals surface area contributed by atoms with E-state index in [1.165, 1.54) is 0 Å². The van der Waals surface area contributed by atoms with Crippen LogP contribution in [0.15, 0.2) is 0 Å². The zero-order valence-electron chi connectivity index (χ0n) is 4.39. The molecule has 0 aliphatic rings. The van der Waals surface area contributed by atoms with Crippen LogP contribution in [0.3, 0.4) is 0 Å². The van der Waals surface area contributed by atoms with Crippen LogP contribution in [-0.4, -0.2) is 29.6 Å². The molecule has 1 unspecified atom stereocenters. The Labute approximate surface area is 43.0 Å². The molecule has 0 aromatic carbocycles. The summed E-state index contributed by atoms with van der Waals surface area (Å²) in [6.45, 7) is 2.33. The maximum absolute atomic E-state index is 8.50. The predicted molar refractivity (Wildman–Crippen MR) is 26.8 cm³/mol. The smallest absolute Gasteiger partial charge is 0.128 e. The molecule has 0 radical (unpaired) electrons. The fourth-order valence-electron chi connectivity index (χ4n) is 0.300. The molecule has 1 atom stereocenters. The zero-order valence-corrected chi connectivity index (χ0v) is 4.39. The van der Waals surface area contributed by atoms with Crippen LogP contribution < -0.4 is 5.32 Å². The third kappa shape index (κ3) is 3.72. The number of hydrogen-bond acceptors (Lipinski definition) is 3. The molecule has 0 amide bonds. The maximum Gasteiger partial charge on any atom is 0.128 e. The Morgan fingerprint density at radius 3 is 2.43 bits per heavy atom. The lowest BCUT2D eigenvalue weighted by atomic mass is 10.6. The van der Waals surface area contributed by atoms with Gasteiger partial charge in [-0.05, 0) is 6.54 Å². The molecule has 0 aromatic heterocycles. The minimum absolute atomic E-state index is 0.214. The number of aliphatic hydroxyl groups is 2. The summed E-state index contributed by atoms with van der Waals surface area (Å²) in [6, 6.07) is 0. The third-order valence-corrected chi connectivity index (χ3v) is 0.613. The summed E-state index contributed by atoms with van der Waals surface area (Å²) in [6.07, 6.45) is -0.745. The SMILES string of the molecule is CCNC(O)CO. The number of hydrogen-bond donors (Lipinski definition) is 3. The predicted octanol–water partition coefficient (Wildman–Crippen LogP) is -1.09. The van der Waals surface area contributed by atoms with Gasteiger partial charge in [-0.15, -0.1) is 0 Å². The Kier molecular flexibility index (Phi) is 3.98. The molecule has 3 heteroatoms. The number of aliphatic hydroxyl groups excluding tert-OH is 2. The minimum Gasteiger partial charge on any atom is -0.392 e. The van der Waals surface area contributed by atoms with Gasteiger partial charge in [0.2, 0.25) is 0 Å². The van der Waals surface area contributed by atoms with Crippen molar-refractivity contribution in [1.29, 1.82) is 0 Å². The average Bonchev–Trinajstić information content (AvgIpc) is 1.68. The highest BCUT2D eigenvalue weighted by Crippen LogP contribution is 1.68. The zero-order chi connectivity index (χ0) is 5.70. The first-order valence-electron chi connectivity index (χ1n) is 2.33. The van der Waals surface area contributed by atoms with E-state index in [2.05, 4.69) is 5.32 Å². The lowest BCUT2D eigenvalue weighted by molar-refractivity contribution is 0.0697. The van der Waals surface area contributed by atoms with Crippen LogP contribution >= 0.6 is 0 Å². The van der Waals surface area contributed by atoms with Gasteiger partial charge in [0.1, 0.15) is 6.23 Å². The lowest BCUT2D eigenvalue weighted by Crippen LogP contribution is -2.31. The number of nitrogens with one attached hydrogen (secondary N) is 1. The van der Waals surface area contributed by atoms with Crippen LogP contribution in [0.1, 0.15) is 6.92 Å². The van der Waals surface area contributed by atoms with Gasteiger partial charge in [-0.3, -0.25) is 5.32 Å². The monoisotopic (exact) mass is 105 g/mol. The molecular formula is C4H11NO2. The van der Waals surface area contributed by atoms with Crippen LogP contribution in [-0.2, 0) is 0 Å². The molecule has 0 rings (SSSR count). The number of likely N-dealkylation sites (N-methyl/N-ethyl adjacent to an activating group) is 1. The number of rotatable bonds is 3. The molecule has 7 heavy (non-hydrogen) atoms. The fourth-order valence-corrected chi connectivity index (χ4v) is 0.300. The van der Waals surface area contributed by atoms with Crippen LogP contribution in [0.4, 0.5) is 0 Å². The van der Waals surface area contributed by atoms with Crippen molar-refractivity contribution in [2.45, 2.75) is 13.2 Å². The van der Waals surface area contributed by atoms with Gasteiger partial charge in [0, 0.05) is 0 Å². The molecule has 0 aliphatic heterocycles. The van der Waals surface area contributed by atoms with E-state index in [0.717, 1.165) is 0 Å². The van der Waals surface area contributed by atoms with Gasteiger partial charge in [-0.25, -0.2) is 0 Å². The molecule has 3 nitrogen and oxygen atoms in total. The van der Waals surface area contributed by atoms with Gasteiger partial charge in [-0.1, -0.05) is 6.92 Å². The highest BCUT2D eigenvalue weighted by Gasteiger charge is 1.93. The maximum atomic E-state index is 8.50. The normalized spacial score (nSPS) is 14.1. The van der Waals surface area contributed by atoms with Crippen molar-refractivity contribution in [1.82, 2.24) is 5.32 Å². The first kappa shape index (κ1) is 6.88. The largest absolute Gasteiger partial charge is 0.392 e. The van der Waals surface area contributed by atoms with Gasteiger partial charge in [0.15, 0.2) is 0 Å². The summed E-state index contributed by atoms with van der Waals surface area (Å²) < 4.78 is 0. The standard InChI is InChI=1S/C4H11NO2/c1-2-5-4(7)3-6/h4-7H,2-3H2,1H3. The molecule has 44 valence electrons. The summed E-state index contributed by atoms with van der Waals surface area (Å²) >= 11 is 0. The molecule has 0 heterocycles. The average molecular weight is 105 g/mol. The van der Waals surface area contributed by atoms with Gasteiger partial charge in [-0.2, -0.15) is 0 Å². The second kappa shape index (κ2) is 4.05. The van der Waals surface area contributed by atoms with Gasteiger partial charge in [0.25, 0.3) is 0 Å². The quantitative estimate of drug-likeness (QED) is 0.400. The van der Waals surface area contributed by atoms with Gasteiger partial charge < -0.3 is 10.2 Å². The highest BCUT2D eigenvalue weighted by molar-refractivity contribution is 4.44. The van der Waals surface area contributed by atoms with E-state index in [-0.39, 0.29) is 6.61 Å². The summed E-state index contributed by atoms with van der Waals surface area (Å²) in [5, 5.41) is 19.3. The van der Waals surface area contributed by atoms with Crippen molar-refractivity contribution < 1.29 is 10.2 Å². The molecule has 0 saturated heterocycles. The van der Waals surface area contributed by atoms with E-state index in [9.17, 15) is 0 Å². The fraction of sp³-hybridized carbons (Fsp3) is 1.00. The van der Waals surface area contributed by atoms with Crippen LogP contribution in [0, 0.1) is 0 Å². The van der Waals surface area contributed by atoms with E-state index < -0.39 is 6.23 Å². The lowest BCUT2D eigenvalue weighted by Gasteiger charge is -2.04. The Balaban J connectivity index is 2.83. The highest BCUT2D eigenvalue weighted by atomic mass is 16.3. The Morgan fingerprint density at radius 2 is 2.29 bits per heavy atom. The van der Waals surface area contributed by atoms with Crippen LogP contribution in [0.5, 0.6) is 0 Å². The Hall–Kier alpha value is -0.120. The summed E-state index contributed by atoms with van der Waals surface area (Å²) in [5.74, 6) is 0. The molecule has 0 aromatic rings. The van der Waals surface area contributed by atoms with Crippen molar-refractivity contribution in [3.05, 3.63) is 0 Å². The van der Waals surface area contributed by atoms with Crippen LogP contribution in [0.2, 0.25) is 0 Å². The third-order valence-electron chi connectivity index (χ3n) is 0.613. The molecule has 0 fully saturated rings. The van der Waals surface area contributed by atoms with Gasteiger partial charge in [0.05, 0.1) is 6.61 Å². The second-order valence-corrected chi connectivity index (χ2v) is 1.26. The van der Waals surface area contributed by atoms with E-state index in [4.69, 9.17) is 10.2 Å². The second-order valence-electron chi connectivity index (χ2n) is 1.26. The molecular weight excluding hydrogens is 94.0 g/mol. The van der Waals surface area contributed by atoms with Crippen molar-refractivity contribution >= 4 is 0 Å². The summed E-state index contributed by atoms with van der Waals surface area (Å²) in [4.78, 5) is 0. The van der Waals surface area contributed by atoms with E-state index in [1.54, 1.807) is 0 Å². The first-order chi connectivity index (χ1) is 3.31. The van der Waals surface area contributed by atoms with Crippen molar-refractivity contribution in [3.63, 3.8) is 0 Å². The molecule has 3 N–H and O–H groups in total.